The van der Waals surface area contributed by atoms with Crippen LogP contribution in [0, 0.1) is 0 Å². The lowest BCUT2D eigenvalue weighted by Crippen LogP contribution is -2.17. The Morgan fingerprint density at radius 3 is 2.55 bits per heavy atom. The Balaban J connectivity index is 2.77. The van der Waals surface area contributed by atoms with E-state index in [1.165, 1.54) is 6.26 Å². The van der Waals surface area contributed by atoms with E-state index in [-0.39, 0.29) is 18.4 Å². The van der Waals surface area contributed by atoms with E-state index in [0.717, 1.165) is 12.1 Å². The van der Waals surface area contributed by atoms with E-state index < -0.39 is 9.84 Å². The first-order chi connectivity index (χ1) is 9.37. The molecule has 0 heterocycles. The van der Waals surface area contributed by atoms with Crippen LogP contribution in [0.4, 0.5) is 0 Å². The highest BCUT2D eigenvalue weighted by Gasteiger charge is 2.11. The molecule has 6 heteroatoms. The molecule has 5 nitrogen and oxygen atoms in total. The average Bonchev–Trinajstić information content (AvgIpc) is 2.37. The Morgan fingerprint density at radius 2 is 2.00 bits per heavy atom. The van der Waals surface area contributed by atoms with E-state index in [2.05, 4.69) is 19.2 Å². The van der Waals surface area contributed by atoms with Gasteiger partial charge in [-0.15, -0.1) is 0 Å². The van der Waals surface area contributed by atoms with Gasteiger partial charge in [0.2, 0.25) is 0 Å². The Kier molecular flexibility index (Phi) is 6.29. The van der Waals surface area contributed by atoms with Crippen LogP contribution in [0.5, 0.6) is 11.5 Å². The van der Waals surface area contributed by atoms with Crippen molar-refractivity contribution in [2.24, 2.45) is 0 Å². The van der Waals surface area contributed by atoms with Gasteiger partial charge in [-0.2, -0.15) is 0 Å². The molecule has 0 aromatic heterocycles. The monoisotopic (exact) mass is 301 g/mol. The number of methoxy groups -OCH3 is 1. The molecule has 1 atom stereocenters. The summed E-state index contributed by atoms with van der Waals surface area (Å²) in [6.07, 6.45) is 1.19. The maximum absolute atomic E-state index is 11.1. The van der Waals surface area contributed by atoms with Crippen molar-refractivity contribution in [2.75, 3.05) is 32.3 Å². The molecule has 0 saturated heterocycles. The molecule has 1 N–H and O–H groups in total. The van der Waals surface area contributed by atoms with Crippen LogP contribution in [0.3, 0.4) is 0 Å². The largest absolute Gasteiger partial charge is 0.493 e. The van der Waals surface area contributed by atoms with Crippen LogP contribution in [0.15, 0.2) is 18.2 Å². The lowest BCUT2D eigenvalue weighted by Gasteiger charge is -2.16. The highest BCUT2D eigenvalue weighted by molar-refractivity contribution is 7.90. The maximum atomic E-state index is 11.1. The second-order valence-electron chi connectivity index (χ2n) is 4.67. The first kappa shape index (κ1) is 16.8. The molecule has 20 heavy (non-hydrogen) atoms. The summed E-state index contributed by atoms with van der Waals surface area (Å²) in [7, 11) is -1.45. The molecule has 0 saturated carbocycles. The maximum Gasteiger partial charge on any atom is 0.161 e. The van der Waals surface area contributed by atoms with E-state index in [1.54, 1.807) is 7.11 Å². The van der Waals surface area contributed by atoms with Gasteiger partial charge < -0.3 is 14.8 Å². The fraction of sp³-hybridized carbons (Fsp3) is 0.571. The Bertz CT molecular complexity index is 528. The molecule has 0 spiro atoms. The zero-order valence-corrected chi connectivity index (χ0v) is 13.3. The van der Waals surface area contributed by atoms with Gasteiger partial charge in [0, 0.05) is 12.3 Å². The van der Waals surface area contributed by atoms with Crippen molar-refractivity contribution in [3.63, 3.8) is 0 Å². The van der Waals surface area contributed by atoms with E-state index in [0.29, 0.717) is 11.5 Å². The standard InChI is InChI=1S/C14H23NO4S/c1-5-15-11(2)12-6-7-13(14(10-12)18-3)19-8-9-20(4,16)17/h6-7,10-11,15H,5,8-9H2,1-4H3. The van der Waals surface area contributed by atoms with Crippen molar-refractivity contribution in [1.29, 1.82) is 0 Å². The molecule has 0 amide bonds. The molecule has 0 aliphatic carbocycles. The molecule has 0 aliphatic heterocycles. The number of hydrogen-bond acceptors (Lipinski definition) is 5. The van der Waals surface area contributed by atoms with Crippen LogP contribution < -0.4 is 14.8 Å². The van der Waals surface area contributed by atoms with Crippen molar-refractivity contribution < 1.29 is 17.9 Å². The summed E-state index contributed by atoms with van der Waals surface area (Å²) in [4.78, 5) is 0. The molecule has 0 radical (unpaired) electrons. The topological polar surface area (TPSA) is 64.6 Å². The first-order valence-electron chi connectivity index (χ1n) is 6.59. The number of nitrogens with one attached hydrogen (secondary N) is 1. The number of benzene rings is 1. The van der Waals surface area contributed by atoms with Crippen molar-refractivity contribution in [3.05, 3.63) is 23.8 Å². The smallest absolute Gasteiger partial charge is 0.161 e. The first-order valence-corrected chi connectivity index (χ1v) is 8.65. The summed E-state index contributed by atoms with van der Waals surface area (Å²) in [5.74, 6) is 1.16. The van der Waals surface area contributed by atoms with Gasteiger partial charge in [0.1, 0.15) is 6.61 Å². The third-order valence-corrected chi connectivity index (χ3v) is 3.82. The highest BCUT2D eigenvalue weighted by Crippen LogP contribution is 2.30. The Labute approximate surface area is 121 Å². The van der Waals surface area contributed by atoms with Gasteiger partial charge >= 0.3 is 0 Å². The molecular formula is C14H23NO4S. The van der Waals surface area contributed by atoms with Crippen LogP contribution in [0.25, 0.3) is 0 Å². The lowest BCUT2D eigenvalue weighted by atomic mass is 10.1. The minimum atomic E-state index is -3.02. The second kappa shape index (κ2) is 7.50. The van der Waals surface area contributed by atoms with Crippen LogP contribution in [0.2, 0.25) is 0 Å². The van der Waals surface area contributed by atoms with Gasteiger partial charge in [-0.3, -0.25) is 0 Å². The molecule has 1 unspecified atom stereocenters. The van der Waals surface area contributed by atoms with Gasteiger partial charge in [0.05, 0.1) is 12.9 Å². The van der Waals surface area contributed by atoms with Crippen molar-refractivity contribution in [2.45, 2.75) is 19.9 Å². The molecule has 0 fully saturated rings. The molecule has 1 aromatic rings. The minimum absolute atomic E-state index is 0.00824. The summed E-state index contributed by atoms with van der Waals surface area (Å²) in [6, 6.07) is 5.89. The number of rotatable bonds is 8. The number of ether oxygens (including phenoxy) is 2. The summed E-state index contributed by atoms with van der Waals surface area (Å²) in [6.45, 7) is 5.13. The molecule has 1 aromatic carbocycles. The SMILES string of the molecule is CCNC(C)c1ccc(OCCS(C)(=O)=O)c(OC)c1. The van der Waals surface area contributed by atoms with Crippen molar-refractivity contribution >= 4 is 9.84 Å². The molecule has 114 valence electrons. The Hall–Kier alpha value is -1.27. The molecular weight excluding hydrogens is 278 g/mol. The third kappa shape index (κ3) is 5.38. The van der Waals surface area contributed by atoms with Gasteiger partial charge in [-0.1, -0.05) is 13.0 Å². The second-order valence-corrected chi connectivity index (χ2v) is 6.93. The predicted molar refractivity (Wildman–Crippen MR) is 80.3 cm³/mol. The van der Waals surface area contributed by atoms with Gasteiger partial charge in [-0.05, 0) is 31.2 Å². The third-order valence-electron chi connectivity index (χ3n) is 2.91. The van der Waals surface area contributed by atoms with Crippen LogP contribution in [-0.2, 0) is 9.84 Å². The summed E-state index contributed by atoms with van der Waals surface area (Å²) in [5.41, 5.74) is 1.10. The fourth-order valence-electron chi connectivity index (χ4n) is 1.80. The van der Waals surface area contributed by atoms with E-state index >= 15 is 0 Å². The van der Waals surface area contributed by atoms with E-state index in [9.17, 15) is 8.42 Å². The van der Waals surface area contributed by atoms with Crippen molar-refractivity contribution in [3.8, 4) is 11.5 Å². The number of hydrogen-bond donors (Lipinski definition) is 1. The average molecular weight is 301 g/mol. The van der Waals surface area contributed by atoms with Crippen LogP contribution >= 0.6 is 0 Å². The molecule has 1 rings (SSSR count). The Morgan fingerprint density at radius 1 is 1.30 bits per heavy atom. The number of sulfone groups is 1. The summed E-state index contributed by atoms with van der Waals surface area (Å²) in [5, 5.41) is 3.32. The lowest BCUT2D eigenvalue weighted by molar-refractivity contribution is 0.311. The molecule has 0 aliphatic rings. The van der Waals surface area contributed by atoms with Crippen LogP contribution in [0.1, 0.15) is 25.5 Å². The van der Waals surface area contributed by atoms with Crippen LogP contribution in [-0.4, -0.2) is 40.7 Å². The summed E-state index contributed by atoms with van der Waals surface area (Å²) >= 11 is 0. The highest BCUT2D eigenvalue weighted by atomic mass is 32.2. The summed E-state index contributed by atoms with van der Waals surface area (Å²) < 4.78 is 32.9. The zero-order chi connectivity index (χ0) is 15.2. The van der Waals surface area contributed by atoms with Gasteiger partial charge in [-0.25, -0.2) is 8.42 Å². The van der Waals surface area contributed by atoms with Gasteiger partial charge in [0.25, 0.3) is 0 Å². The quantitative estimate of drug-likeness (QED) is 0.793. The molecule has 0 bridgehead atoms. The van der Waals surface area contributed by atoms with E-state index in [4.69, 9.17) is 9.47 Å². The minimum Gasteiger partial charge on any atom is -0.493 e. The fourth-order valence-corrected chi connectivity index (χ4v) is 2.19. The van der Waals surface area contributed by atoms with Crippen molar-refractivity contribution in [1.82, 2.24) is 5.32 Å². The van der Waals surface area contributed by atoms with E-state index in [1.807, 2.05) is 18.2 Å². The predicted octanol–water partition coefficient (Wildman–Crippen LogP) is 1.79. The normalized spacial score (nSPS) is 13.0. The van der Waals surface area contributed by atoms with Gasteiger partial charge in [0.15, 0.2) is 21.3 Å². The zero-order valence-electron chi connectivity index (χ0n) is 12.5.